The van der Waals surface area contributed by atoms with Gasteiger partial charge in [-0.3, -0.25) is 14.4 Å². The summed E-state index contributed by atoms with van der Waals surface area (Å²) in [6.45, 7) is 8.07. The van der Waals surface area contributed by atoms with E-state index >= 15 is 0 Å². The van der Waals surface area contributed by atoms with Gasteiger partial charge in [0.05, 0.1) is 31.7 Å². The molecule has 0 saturated carbocycles. The van der Waals surface area contributed by atoms with Gasteiger partial charge in [0.15, 0.2) is 0 Å². The first-order valence-corrected chi connectivity index (χ1v) is 13.4. The number of anilines is 1. The van der Waals surface area contributed by atoms with E-state index in [-0.39, 0.29) is 38.1 Å². The molecule has 0 aromatic heterocycles. The quantitative estimate of drug-likeness (QED) is 0.226. The molecule has 1 N–H and O–H groups in total. The highest BCUT2D eigenvalue weighted by Crippen LogP contribution is 2.59. The van der Waals surface area contributed by atoms with E-state index in [1.165, 1.54) is 4.90 Å². The second-order valence-corrected chi connectivity index (χ2v) is 10.1. The molecule has 1 aromatic carbocycles. The van der Waals surface area contributed by atoms with Crippen LogP contribution in [0, 0.1) is 11.8 Å². The highest BCUT2D eigenvalue weighted by molar-refractivity contribution is 6.04. The maximum Gasteiger partial charge on any atom is 0.312 e. The second-order valence-electron chi connectivity index (χ2n) is 10.1. The van der Waals surface area contributed by atoms with Crippen molar-refractivity contribution in [1.29, 1.82) is 0 Å². The predicted molar refractivity (Wildman–Crippen MR) is 142 cm³/mol. The number of unbranched alkanes of at least 4 members (excludes halogenated alkanes) is 2. The van der Waals surface area contributed by atoms with Gasteiger partial charge in [0.2, 0.25) is 5.91 Å². The number of esters is 1. The van der Waals surface area contributed by atoms with Gasteiger partial charge in [0.1, 0.15) is 17.4 Å². The summed E-state index contributed by atoms with van der Waals surface area (Å²) in [4.78, 5) is 44.4. The molecule has 5 atom stereocenters. The number of fused-ring (bicyclic) bond motifs is 1. The Bertz CT molecular complexity index is 1040. The summed E-state index contributed by atoms with van der Waals surface area (Å²) in [6, 6.07) is 6.17. The van der Waals surface area contributed by atoms with Gasteiger partial charge >= 0.3 is 5.97 Å². The molecule has 206 valence electrons. The van der Waals surface area contributed by atoms with E-state index in [2.05, 4.69) is 13.2 Å². The lowest BCUT2D eigenvalue weighted by molar-refractivity contribution is -0.155. The van der Waals surface area contributed by atoms with Crippen molar-refractivity contribution < 1.29 is 33.7 Å². The van der Waals surface area contributed by atoms with Crippen LogP contribution in [0.15, 0.2) is 49.6 Å². The Labute approximate surface area is 224 Å². The van der Waals surface area contributed by atoms with Crippen molar-refractivity contribution in [3.05, 3.63) is 49.6 Å². The predicted octanol–water partition coefficient (Wildman–Crippen LogP) is 2.87. The minimum absolute atomic E-state index is 0.128. The number of carbonyl (C=O) groups excluding carboxylic acids is 3. The summed E-state index contributed by atoms with van der Waals surface area (Å²) >= 11 is 0. The number of rotatable bonds is 14. The zero-order chi connectivity index (χ0) is 27.3. The number of hydrogen-bond acceptors (Lipinski definition) is 7. The third-order valence-electron chi connectivity index (χ3n) is 7.87. The van der Waals surface area contributed by atoms with Gasteiger partial charge in [0, 0.05) is 25.4 Å². The largest absolute Gasteiger partial charge is 0.497 e. The minimum atomic E-state index is -1.12. The van der Waals surface area contributed by atoms with Crippen LogP contribution in [-0.2, 0) is 23.9 Å². The molecule has 38 heavy (non-hydrogen) atoms. The molecular formula is C29H38N2O7. The zero-order valence-electron chi connectivity index (χ0n) is 22.0. The van der Waals surface area contributed by atoms with Crippen LogP contribution < -0.4 is 9.64 Å². The average molecular weight is 527 g/mol. The fourth-order valence-corrected chi connectivity index (χ4v) is 6.20. The molecule has 3 saturated heterocycles. The summed E-state index contributed by atoms with van der Waals surface area (Å²) < 4.78 is 17.3. The number of hydrogen-bond donors (Lipinski definition) is 1. The third-order valence-corrected chi connectivity index (χ3v) is 7.87. The Morgan fingerprint density at radius 2 is 1.97 bits per heavy atom. The van der Waals surface area contributed by atoms with Gasteiger partial charge < -0.3 is 29.1 Å². The lowest BCUT2D eigenvalue weighted by atomic mass is 9.70. The number of aliphatic hydroxyl groups is 1. The van der Waals surface area contributed by atoms with Crippen molar-refractivity contribution in [2.45, 2.75) is 56.3 Å². The van der Waals surface area contributed by atoms with Crippen LogP contribution in [-0.4, -0.2) is 79.0 Å². The van der Waals surface area contributed by atoms with E-state index in [1.807, 2.05) is 6.08 Å². The topological polar surface area (TPSA) is 106 Å². The zero-order valence-corrected chi connectivity index (χ0v) is 22.0. The molecule has 4 rings (SSSR count). The Morgan fingerprint density at radius 3 is 2.63 bits per heavy atom. The minimum Gasteiger partial charge on any atom is -0.497 e. The van der Waals surface area contributed by atoms with Crippen LogP contribution >= 0.6 is 0 Å². The molecule has 3 heterocycles. The molecule has 3 aliphatic heterocycles. The Morgan fingerprint density at radius 1 is 1.21 bits per heavy atom. The number of likely N-dealkylation sites (tertiary alicyclic amines) is 1. The normalized spacial score (nSPS) is 27.2. The SMILES string of the molecule is C=CCCCCOC(=O)[C@@H]1[C@H]2C(=O)N(CCCO)C(C(=O)N(CC=C)c3ccc(OC)cc3)C23CC[C@H]1O3. The highest BCUT2D eigenvalue weighted by Gasteiger charge is 2.75. The molecule has 1 aromatic rings. The van der Waals surface area contributed by atoms with Gasteiger partial charge in [-0.2, -0.15) is 0 Å². The number of amides is 2. The van der Waals surface area contributed by atoms with E-state index in [4.69, 9.17) is 14.2 Å². The Hall–Kier alpha value is -3.17. The van der Waals surface area contributed by atoms with E-state index in [9.17, 15) is 19.5 Å². The van der Waals surface area contributed by atoms with Crippen molar-refractivity contribution in [1.82, 2.24) is 4.90 Å². The van der Waals surface area contributed by atoms with Crippen molar-refractivity contribution in [3.8, 4) is 5.75 Å². The number of aliphatic hydroxyl groups excluding tert-OH is 1. The van der Waals surface area contributed by atoms with Gasteiger partial charge in [-0.05, 0) is 62.8 Å². The molecular weight excluding hydrogens is 488 g/mol. The molecule has 0 radical (unpaired) electrons. The third kappa shape index (κ3) is 4.97. The van der Waals surface area contributed by atoms with Crippen molar-refractivity contribution in [3.63, 3.8) is 0 Å². The lowest BCUT2D eigenvalue weighted by Gasteiger charge is -2.36. The number of methoxy groups -OCH3 is 1. The first-order valence-electron chi connectivity index (χ1n) is 13.4. The van der Waals surface area contributed by atoms with Crippen molar-refractivity contribution in [2.24, 2.45) is 11.8 Å². The summed E-state index contributed by atoms with van der Waals surface area (Å²) in [7, 11) is 1.57. The molecule has 3 fully saturated rings. The summed E-state index contributed by atoms with van der Waals surface area (Å²) in [5, 5.41) is 9.52. The molecule has 3 aliphatic rings. The van der Waals surface area contributed by atoms with Crippen LogP contribution in [0.4, 0.5) is 5.69 Å². The second kappa shape index (κ2) is 12.1. The maximum absolute atomic E-state index is 14.3. The molecule has 2 bridgehead atoms. The van der Waals surface area contributed by atoms with Gasteiger partial charge in [0.25, 0.3) is 5.91 Å². The van der Waals surface area contributed by atoms with Crippen LogP contribution in [0.5, 0.6) is 5.75 Å². The molecule has 0 aliphatic carbocycles. The van der Waals surface area contributed by atoms with Crippen LogP contribution in [0.2, 0.25) is 0 Å². The van der Waals surface area contributed by atoms with E-state index in [0.29, 0.717) is 37.1 Å². The fourth-order valence-electron chi connectivity index (χ4n) is 6.20. The molecule has 2 unspecified atom stereocenters. The standard InChI is InChI=1S/C29H38N2O7/c1-4-6-7-8-19-37-28(35)23-22-14-15-29(38-22)24(23)26(33)31(17-9-18-32)25(29)27(34)30(16-5-2)20-10-12-21(36-3)13-11-20/h4-5,10-13,22-25,32H,1-2,6-9,14-19H2,3H3/t22-,23+,24+,25?,29?/m1/s1. The number of nitrogens with zero attached hydrogens (tertiary/aromatic N) is 2. The number of benzene rings is 1. The van der Waals surface area contributed by atoms with Gasteiger partial charge in [-0.25, -0.2) is 0 Å². The number of allylic oxidation sites excluding steroid dienone is 1. The van der Waals surface area contributed by atoms with Crippen LogP contribution in [0.25, 0.3) is 0 Å². The van der Waals surface area contributed by atoms with Crippen molar-refractivity contribution in [2.75, 3.05) is 38.3 Å². The van der Waals surface area contributed by atoms with E-state index in [0.717, 1.165) is 12.8 Å². The van der Waals surface area contributed by atoms with Gasteiger partial charge in [-0.1, -0.05) is 12.2 Å². The molecule has 9 nitrogen and oxygen atoms in total. The van der Waals surface area contributed by atoms with Gasteiger partial charge in [-0.15, -0.1) is 13.2 Å². The fraction of sp³-hybridized carbons (Fsp3) is 0.552. The summed E-state index contributed by atoms with van der Waals surface area (Å²) in [5.74, 6) is -1.93. The average Bonchev–Trinajstić information content (AvgIpc) is 3.57. The first kappa shape index (κ1) is 27.9. The summed E-state index contributed by atoms with van der Waals surface area (Å²) in [5.41, 5.74) is -0.486. The Balaban J connectivity index is 1.63. The first-order chi connectivity index (χ1) is 18.4. The smallest absolute Gasteiger partial charge is 0.312 e. The maximum atomic E-state index is 14.3. The van der Waals surface area contributed by atoms with Crippen LogP contribution in [0.1, 0.15) is 38.5 Å². The number of ether oxygens (including phenoxy) is 3. The molecule has 1 spiro atoms. The van der Waals surface area contributed by atoms with E-state index < -0.39 is 35.6 Å². The molecule has 2 amide bonds. The van der Waals surface area contributed by atoms with E-state index in [1.54, 1.807) is 42.4 Å². The number of carbonyl (C=O) groups is 3. The lowest BCUT2D eigenvalue weighted by Crippen LogP contribution is -2.56. The van der Waals surface area contributed by atoms with Crippen LogP contribution in [0.3, 0.4) is 0 Å². The monoisotopic (exact) mass is 526 g/mol. The molecule has 9 heteroatoms. The summed E-state index contributed by atoms with van der Waals surface area (Å²) in [6.07, 6.45) is 6.78. The Kier molecular flexibility index (Phi) is 8.89. The highest BCUT2D eigenvalue weighted by atomic mass is 16.6. The van der Waals surface area contributed by atoms with Crippen molar-refractivity contribution >= 4 is 23.5 Å².